The maximum absolute atomic E-state index is 11.8. The third-order valence-corrected chi connectivity index (χ3v) is 2.84. The van der Waals surface area contributed by atoms with Crippen molar-refractivity contribution >= 4 is 18.3 Å². The fourth-order valence-corrected chi connectivity index (χ4v) is 1.26. The van der Waals surface area contributed by atoms with E-state index in [0.29, 0.717) is 5.92 Å². The molecule has 3 atom stereocenters. The molecular weight excluding hydrogens is 212 g/mol. The fourth-order valence-electron chi connectivity index (χ4n) is 1.26. The van der Waals surface area contributed by atoms with E-state index in [-0.39, 0.29) is 30.3 Å². The zero-order valence-corrected chi connectivity index (χ0v) is 11.3. The number of carbonyl (C=O) groups is 1. The first-order chi connectivity index (χ1) is 6.40. The van der Waals surface area contributed by atoms with E-state index in [2.05, 4.69) is 13.8 Å². The molecular formula is C11H25ClN2O. The standard InChI is InChI=1S/C11H24N2O.ClH/c1-6-8(2)7-13(5)11(14)9(3)10(4)12;/h8-10H,6-7,12H2,1-5H3;1H. The number of rotatable bonds is 5. The quantitative estimate of drug-likeness (QED) is 0.793. The molecule has 0 radical (unpaired) electrons. The lowest BCUT2D eigenvalue weighted by molar-refractivity contribution is -0.134. The lowest BCUT2D eigenvalue weighted by Crippen LogP contribution is -2.41. The van der Waals surface area contributed by atoms with Gasteiger partial charge < -0.3 is 10.6 Å². The van der Waals surface area contributed by atoms with Crippen molar-refractivity contribution in [1.82, 2.24) is 4.90 Å². The van der Waals surface area contributed by atoms with Crippen molar-refractivity contribution < 1.29 is 4.79 Å². The number of nitrogens with two attached hydrogens (primary N) is 1. The van der Waals surface area contributed by atoms with Crippen molar-refractivity contribution in [2.24, 2.45) is 17.6 Å². The molecule has 2 N–H and O–H groups in total. The van der Waals surface area contributed by atoms with Crippen LogP contribution in [0.4, 0.5) is 0 Å². The summed E-state index contributed by atoms with van der Waals surface area (Å²) >= 11 is 0. The Kier molecular flexibility index (Phi) is 9.07. The number of nitrogens with zero attached hydrogens (tertiary/aromatic N) is 1. The molecule has 0 aromatic carbocycles. The van der Waals surface area contributed by atoms with Crippen LogP contribution >= 0.6 is 12.4 Å². The summed E-state index contributed by atoms with van der Waals surface area (Å²) in [6.07, 6.45) is 1.10. The molecule has 0 aliphatic carbocycles. The van der Waals surface area contributed by atoms with Gasteiger partial charge in [-0.05, 0) is 12.8 Å². The average Bonchev–Trinajstić information content (AvgIpc) is 2.14. The molecule has 0 aliphatic rings. The minimum atomic E-state index is -0.0796. The molecule has 3 unspecified atom stereocenters. The molecule has 0 saturated carbocycles. The van der Waals surface area contributed by atoms with Crippen LogP contribution in [0.2, 0.25) is 0 Å². The normalized spacial score (nSPS) is 16.1. The van der Waals surface area contributed by atoms with Gasteiger partial charge in [0, 0.05) is 19.6 Å². The SMILES string of the molecule is CCC(C)CN(C)C(=O)C(C)C(C)N.Cl. The van der Waals surface area contributed by atoms with Crippen LogP contribution in [0.5, 0.6) is 0 Å². The van der Waals surface area contributed by atoms with Crippen LogP contribution in [-0.4, -0.2) is 30.4 Å². The maximum Gasteiger partial charge on any atom is 0.226 e. The molecule has 0 saturated heterocycles. The summed E-state index contributed by atoms with van der Waals surface area (Å²) in [6, 6.07) is -0.0677. The van der Waals surface area contributed by atoms with E-state index in [1.54, 1.807) is 4.90 Å². The molecule has 0 bridgehead atoms. The Morgan fingerprint density at radius 1 is 1.33 bits per heavy atom. The van der Waals surface area contributed by atoms with E-state index >= 15 is 0 Å². The molecule has 0 aromatic rings. The summed E-state index contributed by atoms with van der Waals surface area (Å²) in [4.78, 5) is 13.6. The van der Waals surface area contributed by atoms with Gasteiger partial charge in [0.25, 0.3) is 0 Å². The third kappa shape index (κ3) is 6.00. The lowest BCUT2D eigenvalue weighted by Gasteiger charge is -2.25. The lowest BCUT2D eigenvalue weighted by atomic mass is 10.0. The first kappa shape index (κ1) is 17.1. The maximum atomic E-state index is 11.8. The molecule has 0 spiro atoms. The number of hydrogen-bond donors (Lipinski definition) is 1. The van der Waals surface area contributed by atoms with Gasteiger partial charge in [0.1, 0.15) is 0 Å². The predicted octanol–water partition coefficient (Wildman–Crippen LogP) is 1.90. The van der Waals surface area contributed by atoms with Crippen LogP contribution in [-0.2, 0) is 4.79 Å². The first-order valence-electron chi connectivity index (χ1n) is 5.40. The third-order valence-electron chi connectivity index (χ3n) is 2.84. The van der Waals surface area contributed by atoms with Crippen molar-refractivity contribution in [3.8, 4) is 0 Å². The number of halogens is 1. The molecule has 4 heteroatoms. The van der Waals surface area contributed by atoms with Gasteiger partial charge in [0.15, 0.2) is 0 Å². The number of carbonyl (C=O) groups excluding carboxylic acids is 1. The zero-order valence-electron chi connectivity index (χ0n) is 10.5. The minimum absolute atomic E-state index is 0. The van der Waals surface area contributed by atoms with Gasteiger partial charge in [0.05, 0.1) is 5.92 Å². The van der Waals surface area contributed by atoms with Crippen LogP contribution in [0.3, 0.4) is 0 Å². The Hall–Kier alpha value is -0.280. The highest BCUT2D eigenvalue weighted by Crippen LogP contribution is 2.08. The van der Waals surface area contributed by atoms with Gasteiger partial charge >= 0.3 is 0 Å². The second-order valence-electron chi connectivity index (χ2n) is 4.38. The van der Waals surface area contributed by atoms with Gasteiger partial charge in [-0.1, -0.05) is 27.2 Å². The van der Waals surface area contributed by atoms with Crippen LogP contribution < -0.4 is 5.73 Å². The predicted molar refractivity (Wildman–Crippen MR) is 67.2 cm³/mol. The highest BCUT2D eigenvalue weighted by atomic mass is 35.5. The molecule has 0 rings (SSSR count). The topological polar surface area (TPSA) is 46.3 Å². The highest BCUT2D eigenvalue weighted by molar-refractivity contribution is 5.85. The largest absolute Gasteiger partial charge is 0.345 e. The molecule has 92 valence electrons. The van der Waals surface area contributed by atoms with Crippen molar-refractivity contribution in [2.45, 2.75) is 40.2 Å². The monoisotopic (exact) mass is 236 g/mol. The summed E-state index contributed by atoms with van der Waals surface area (Å²) in [7, 11) is 1.85. The fraction of sp³-hybridized carbons (Fsp3) is 0.909. The summed E-state index contributed by atoms with van der Waals surface area (Å²) < 4.78 is 0. The van der Waals surface area contributed by atoms with Crippen molar-refractivity contribution in [2.75, 3.05) is 13.6 Å². The van der Waals surface area contributed by atoms with Crippen LogP contribution in [0.25, 0.3) is 0 Å². The molecule has 0 aliphatic heterocycles. The molecule has 0 fully saturated rings. The van der Waals surface area contributed by atoms with Crippen LogP contribution in [0.1, 0.15) is 34.1 Å². The molecule has 0 heterocycles. The van der Waals surface area contributed by atoms with E-state index < -0.39 is 0 Å². The van der Waals surface area contributed by atoms with Gasteiger partial charge in [-0.3, -0.25) is 4.79 Å². The molecule has 15 heavy (non-hydrogen) atoms. The van der Waals surface area contributed by atoms with Gasteiger partial charge in [-0.15, -0.1) is 12.4 Å². The number of hydrogen-bond acceptors (Lipinski definition) is 2. The smallest absolute Gasteiger partial charge is 0.226 e. The Labute approximate surface area is 99.8 Å². The first-order valence-corrected chi connectivity index (χ1v) is 5.40. The second-order valence-corrected chi connectivity index (χ2v) is 4.38. The van der Waals surface area contributed by atoms with E-state index in [9.17, 15) is 4.79 Å². The Morgan fingerprint density at radius 3 is 2.13 bits per heavy atom. The Balaban J connectivity index is 0. The summed E-state index contributed by atoms with van der Waals surface area (Å²) in [5.74, 6) is 0.633. The highest BCUT2D eigenvalue weighted by Gasteiger charge is 2.21. The Bertz CT molecular complexity index is 185. The van der Waals surface area contributed by atoms with E-state index in [4.69, 9.17) is 5.73 Å². The van der Waals surface area contributed by atoms with Gasteiger partial charge in [-0.25, -0.2) is 0 Å². The van der Waals surface area contributed by atoms with Crippen LogP contribution in [0.15, 0.2) is 0 Å². The van der Waals surface area contributed by atoms with Gasteiger partial charge in [0.2, 0.25) is 5.91 Å². The summed E-state index contributed by atoms with van der Waals surface area (Å²) in [6.45, 7) is 8.88. The van der Waals surface area contributed by atoms with Gasteiger partial charge in [-0.2, -0.15) is 0 Å². The molecule has 3 nitrogen and oxygen atoms in total. The summed E-state index contributed by atoms with van der Waals surface area (Å²) in [5, 5.41) is 0. The summed E-state index contributed by atoms with van der Waals surface area (Å²) in [5.41, 5.74) is 5.69. The molecule has 0 aromatic heterocycles. The minimum Gasteiger partial charge on any atom is -0.345 e. The van der Waals surface area contributed by atoms with E-state index in [1.807, 2.05) is 20.9 Å². The number of amides is 1. The average molecular weight is 237 g/mol. The van der Waals surface area contributed by atoms with E-state index in [1.165, 1.54) is 0 Å². The molecule has 1 amide bonds. The van der Waals surface area contributed by atoms with Crippen molar-refractivity contribution in [3.05, 3.63) is 0 Å². The van der Waals surface area contributed by atoms with Crippen LogP contribution in [0, 0.1) is 11.8 Å². The van der Waals surface area contributed by atoms with Crippen molar-refractivity contribution in [3.63, 3.8) is 0 Å². The Morgan fingerprint density at radius 2 is 1.80 bits per heavy atom. The second kappa shape index (κ2) is 7.94. The van der Waals surface area contributed by atoms with E-state index in [0.717, 1.165) is 13.0 Å². The van der Waals surface area contributed by atoms with Crippen molar-refractivity contribution in [1.29, 1.82) is 0 Å². The zero-order chi connectivity index (χ0) is 11.3.